The molecule has 0 radical (unpaired) electrons. The number of carbonyl (C=O) groups excluding carboxylic acids is 1. The van der Waals surface area contributed by atoms with Gasteiger partial charge in [0, 0.05) is 19.5 Å². The topological polar surface area (TPSA) is 58.7 Å². The molecule has 3 rings (SSSR count). The predicted octanol–water partition coefficient (Wildman–Crippen LogP) is 4.61. The molecular formula is C19H20ClF2N3OS. The number of amides is 1. The molecule has 1 unspecified atom stereocenters. The highest BCUT2D eigenvalue weighted by molar-refractivity contribution is 7.11. The number of aliphatic imine (C=N–C) groups is 1. The van der Waals surface area contributed by atoms with Crippen LogP contribution in [0.5, 0.6) is 0 Å². The molecule has 1 amide bonds. The van der Waals surface area contributed by atoms with Crippen LogP contribution in [-0.4, -0.2) is 23.8 Å². The number of carbonyl (C=O) groups is 1. The van der Waals surface area contributed by atoms with E-state index < -0.39 is 17.4 Å². The SMILES string of the molecule is Cc1csc([C@@]2(C)N=C(N)N(C)C(=O)C2c2ccc(C(C)(F)F)cc2)c1Cl. The first kappa shape index (κ1) is 19.8. The van der Waals surface area contributed by atoms with Gasteiger partial charge in [-0.15, -0.1) is 11.3 Å². The Morgan fingerprint density at radius 2 is 1.93 bits per heavy atom. The number of benzene rings is 1. The van der Waals surface area contributed by atoms with Crippen molar-refractivity contribution in [2.45, 2.75) is 38.2 Å². The first-order valence-corrected chi connectivity index (χ1v) is 9.57. The Morgan fingerprint density at radius 1 is 1.33 bits per heavy atom. The average Bonchev–Trinajstić information content (AvgIpc) is 2.92. The lowest BCUT2D eigenvalue weighted by Crippen LogP contribution is -2.52. The van der Waals surface area contributed by atoms with E-state index in [1.807, 2.05) is 12.3 Å². The molecule has 0 saturated heterocycles. The number of rotatable bonds is 3. The fourth-order valence-corrected chi connectivity index (χ4v) is 4.84. The van der Waals surface area contributed by atoms with Gasteiger partial charge in [0.25, 0.3) is 5.92 Å². The van der Waals surface area contributed by atoms with Gasteiger partial charge in [-0.2, -0.15) is 0 Å². The summed E-state index contributed by atoms with van der Waals surface area (Å²) in [4.78, 5) is 19.7. The van der Waals surface area contributed by atoms with Gasteiger partial charge in [0.05, 0.1) is 15.8 Å². The summed E-state index contributed by atoms with van der Waals surface area (Å²) in [5, 5.41) is 2.44. The molecule has 27 heavy (non-hydrogen) atoms. The summed E-state index contributed by atoms with van der Waals surface area (Å²) < 4.78 is 27.1. The maximum atomic E-state index is 13.6. The highest BCUT2D eigenvalue weighted by Crippen LogP contribution is 2.49. The zero-order valence-corrected chi connectivity index (χ0v) is 17.0. The number of thiophene rings is 1. The Balaban J connectivity index is 2.18. The molecule has 0 aliphatic carbocycles. The Bertz CT molecular complexity index is 920. The third kappa shape index (κ3) is 3.23. The van der Waals surface area contributed by atoms with E-state index in [0.29, 0.717) is 10.6 Å². The molecule has 1 aliphatic rings. The number of aryl methyl sites for hydroxylation is 1. The fourth-order valence-electron chi connectivity index (χ4n) is 3.31. The summed E-state index contributed by atoms with van der Waals surface area (Å²) in [5.41, 5.74) is 6.31. The smallest absolute Gasteiger partial charge is 0.270 e. The van der Waals surface area contributed by atoms with Gasteiger partial charge in [-0.1, -0.05) is 35.9 Å². The number of nitrogens with zero attached hydrogens (tertiary/aromatic N) is 2. The maximum absolute atomic E-state index is 13.6. The van der Waals surface area contributed by atoms with E-state index in [1.165, 1.54) is 28.4 Å². The number of guanidine groups is 1. The van der Waals surface area contributed by atoms with Crippen molar-refractivity contribution in [3.05, 3.63) is 56.2 Å². The normalized spacial score (nSPS) is 23.5. The second kappa shape index (κ2) is 6.56. The van der Waals surface area contributed by atoms with Crippen LogP contribution >= 0.6 is 22.9 Å². The largest absolute Gasteiger partial charge is 0.369 e. The van der Waals surface area contributed by atoms with Crippen LogP contribution in [0, 0.1) is 6.92 Å². The van der Waals surface area contributed by atoms with E-state index in [2.05, 4.69) is 4.99 Å². The van der Waals surface area contributed by atoms with Crippen LogP contribution in [0.15, 0.2) is 34.6 Å². The Morgan fingerprint density at radius 3 is 2.41 bits per heavy atom. The van der Waals surface area contributed by atoms with E-state index in [-0.39, 0.29) is 17.4 Å². The molecule has 2 atom stereocenters. The number of alkyl halides is 2. The van der Waals surface area contributed by atoms with Gasteiger partial charge in [-0.05, 0) is 30.4 Å². The Labute approximate surface area is 165 Å². The molecule has 1 aromatic carbocycles. The zero-order chi connectivity index (χ0) is 20.1. The number of likely N-dealkylation sites (N-methyl/N-ethyl adjacent to an activating group) is 1. The minimum Gasteiger partial charge on any atom is -0.369 e. The fraction of sp³-hybridized carbons (Fsp3) is 0.368. The van der Waals surface area contributed by atoms with Crippen molar-refractivity contribution in [1.82, 2.24) is 4.90 Å². The van der Waals surface area contributed by atoms with Crippen molar-refractivity contribution >= 4 is 34.8 Å². The summed E-state index contributed by atoms with van der Waals surface area (Å²) in [5.74, 6) is -3.85. The maximum Gasteiger partial charge on any atom is 0.270 e. The van der Waals surface area contributed by atoms with E-state index in [9.17, 15) is 13.6 Å². The van der Waals surface area contributed by atoms with Crippen LogP contribution in [0.25, 0.3) is 0 Å². The van der Waals surface area contributed by atoms with Gasteiger partial charge in [0.2, 0.25) is 5.91 Å². The summed E-state index contributed by atoms with van der Waals surface area (Å²) >= 11 is 7.89. The number of hydrogen-bond acceptors (Lipinski definition) is 4. The van der Waals surface area contributed by atoms with Gasteiger partial charge in [0.1, 0.15) is 5.54 Å². The second-order valence-corrected chi connectivity index (χ2v) is 8.28. The van der Waals surface area contributed by atoms with E-state index in [1.54, 1.807) is 26.1 Å². The molecule has 4 nitrogen and oxygen atoms in total. The lowest BCUT2D eigenvalue weighted by Gasteiger charge is -2.40. The lowest BCUT2D eigenvalue weighted by molar-refractivity contribution is -0.130. The third-order valence-corrected chi connectivity index (χ3v) is 6.86. The van der Waals surface area contributed by atoms with E-state index >= 15 is 0 Å². The minimum absolute atomic E-state index is 0.0950. The summed E-state index contributed by atoms with van der Waals surface area (Å²) in [7, 11) is 1.55. The molecule has 144 valence electrons. The standard InChI is InChI=1S/C19H20ClF2N3OS/c1-10-9-27-15(14(10)20)18(2)13(16(26)25(4)17(23)24-18)11-5-7-12(8-6-11)19(3,21)22/h5-9,13H,1-4H3,(H2,23,24)/t13?,18-/m0/s1. The van der Waals surface area contributed by atoms with Gasteiger partial charge in [-0.3, -0.25) is 9.69 Å². The van der Waals surface area contributed by atoms with Crippen LogP contribution in [0.4, 0.5) is 8.78 Å². The zero-order valence-electron chi connectivity index (χ0n) is 15.4. The first-order valence-electron chi connectivity index (χ1n) is 8.32. The Kier molecular flexibility index (Phi) is 4.80. The lowest BCUT2D eigenvalue weighted by atomic mass is 9.77. The van der Waals surface area contributed by atoms with Crippen molar-refractivity contribution in [2.24, 2.45) is 10.7 Å². The van der Waals surface area contributed by atoms with Crippen LogP contribution in [0.3, 0.4) is 0 Å². The second-order valence-electron chi connectivity index (χ2n) is 7.02. The van der Waals surface area contributed by atoms with Gasteiger partial charge >= 0.3 is 0 Å². The predicted molar refractivity (Wildman–Crippen MR) is 105 cm³/mol. The van der Waals surface area contributed by atoms with Crippen molar-refractivity contribution in [2.75, 3.05) is 7.05 Å². The van der Waals surface area contributed by atoms with Crippen LogP contribution in [-0.2, 0) is 16.3 Å². The molecule has 1 aromatic heterocycles. The molecule has 0 saturated carbocycles. The van der Waals surface area contributed by atoms with Crippen LogP contribution in [0.1, 0.15) is 41.3 Å². The molecule has 2 N–H and O–H groups in total. The number of halogens is 3. The summed E-state index contributed by atoms with van der Waals surface area (Å²) in [6.45, 7) is 4.52. The molecule has 0 spiro atoms. The molecule has 0 fully saturated rings. The average molecular weight is 412 g/mol. The quantitative estimate of drug-likeness (QED) is 0.801. The van der Waals surface area contributed by atoms with E-state index in [4.69, 9.17) is 17.3 Å². The van der Waals surface area contributed by atoms with Gasteiger partial charge < -0.3 is 5.73 Å². The van der Waals surface area contributed by atoms with Crippen molar-refractivity contribution < 1.29 is 13.6 Å². The molecule has 8 heteroatoms. The number of hydrogen-bond donors (Lipinski definition) is 1. The highest BCUT2D eigenvalue weighted by atomic mass is 35.5. The van der Waals surface area contributed by atoms with Gasteiger partial charge in [0.15, 0.2) is 5.96 Å². The van der Waals surface area contributed by atoms with Crippen molar-refractivity contribution in [3.8, 4) is 0 Å². The summed E-state index contributed by atoms with van der Waals surface area (Å²) in [6.07, 6.45) is 0. The molecule has 2 aromatic rings. The Hall–Kier alpha value is -1.99. The van der Waals surface area contributed by atoms with Crippen molar-refractivity contribution in [3.63, 3.8) is 0 Å². The molecule has 1 aliphatic heterocycles. The molecule has 2 heterocycles. The minimum atomic E-state index is -2.95. The molecule has 0 bridgehead atoms. The third-order valence-electron chi connectivity index (χ3n) is 4.94. The van der Waals surface area contributed by atoms with Crippen molar-refractivity contribution in [1.29, 1.82) is 0 Å². The van der Waals surface area contributed by atoms with Crippen LogP contribution in [0.2, 0.25) is 5.02 Å². The summed E-state index contributed by atoms with van der Waals surface area (Å²) in [6, 6.07) is 5.78. The van der Waals surface area contributed by atoms with Crippen LogP contribution < -0.4 is 5.73 Å². The van der Waals surface area contributed by atoms with E-state index in [0.717, 1.165) is 17.4 Å². The molecular weight excluding hydrogens is 392 g/mol. The highest BCUT2D eigenvalue weighted by Gasteiger charge is 2.49. The monoisotopic (exact) mass is 411 g/mol. The first-order chi connectivity index (χ1) is 12.5. The van der Waals surface area contributed by atoms with Gasteiger partial charge in [-0.25, -0.2) is 13.8 Å². The number of nitrogens with two attached hydrogens (primary N) is 1.